The lowest BCUT2D eigenvalue weighted by Crippen LogP contribution is -2.40. The Bertz CT molecular complexity index is 1510. The first-order chi connectivity index (χ1) is 21.8. The molecule has 0 spiro atoms. The Hall–Kier alpha value is -4.65. The topological polar surface area (TPSA) is 176 Å². The summed E-state index contributed by atoms with van der Waals surface area (Å²) < 4.78 is 18.8. The standard InChI is InChI=1S/C22H20FN5O3.C10H22N4/c23-15-2-4-16(5-3-15)25-22(30)28-9-7-13(8-10-28)14-1-6-18-17(11-14)26-20-19(31-18)12-24-21(29)27-20;11-10(12)14-8-4-7-13-9-5-2-1-3-6-9/h1-6,11-13H,7-10H2,(H,25,30)(H2,24,26,27,29);9,13H,1-8H2,(H4,11,12,14). The van der Waals surface area contributed by atoms with Crippen LogP contribution in [-0.2, 0) is 0 Å². The zero-order valence-corrected chi connectivity index (χ0v) is 25.4. The van der Waals surface area contributed by atoms with E-state index in [1.807, 2.05) is 18.2 Å². The molecule has 13 heteroatoms. The molecule has 3 heterocycles. The van der Waals surface area contributed by atoms with Crippen molar-refractivity contribution in [3.05, 3.63) is 70.5 Å². The third kappa shape index (κ3) is 9.17. The van der Waals surface area contributed by atoms with Crippen molar-refractivity contribution in [2.24, 2.45) is 16.5 Å². The van der Waals surface area contributed by atoms with Gasteiger partial charge in [-0.1, -0.05) is 25.3 Å². The second-order valence-corrected chi connectivity index (χ2v) is 11.6. The number of carbonyl (C=O) groups excluding carboxylic acids is 1. The molecule has 2 fully saturated rings. The number of fused-ring (bicyclic) bond motifs is 2. The van der Waals surface area contributed by atoms with Gasteiger partial charge in [0.25, 0.3) is 0 Å². The van der Waals surface area contributed by atoms with Crippen LogP contribution in [0.1, 0.15) is 62.8 Å². The van der Waals surface area contributed by atoms with Crippen molar-refractivity contribution in [2.75, 3.05) is 36.8 Å². The van der Waals surface area contributed by atoms with Gasteiger partial charge in [-0.3, -0.25) is 9.98 Å². The van der Waals surface area contributed by atoms with Crippen molar-refractivity contribution in [2.45, 2.75) is 63.3 Å². The second kappa shape index (κ2) is 15.4. The summed E-state index contributed by atoms with van der Waals surface area (Å²) in [4.78, 5) is 36.0. The number of nitrogens with one attached hydrogen (secondary N) is 4. The fourth-order valence-electron chi connectivity index (χ4n) is 5.85. The largest absolute Gasteiger partial charge is 0.450 e. The Morgan fingerprint density at radius 2 is 1.80 bits per heavy atom. The summed E-state index contributed by atoms with van der Waals surface area (Å²) in [6.07, 6.45) is 10.9. The minimum Gasteiger partial charge on any atom is -0.450 e. The number of aliphatic imine (C=N–C) groups is 1. The highest BCUT2D eigenvalue weighted by molar-refractivity contribution is 5.89. The SMILES string of the molecule is NC(N)=NCCCNC1CCCCC1.O=C(Nc1ccc(F)cc1)N1CCC(c2ccc3c(c2)Nc2[nH]c(=O)ncc2O3)CC1. The summed E-state index contributed by atoms with van der Waals surface area (Å²) in [5.41, 5.74) is 12.5. The molecule has 1 saturated heterocycles. The van der Waals surface area contributed by atoms with Crippen LogP contribution in [-0.4, -0.2) is 59.1 Å². The fraction of sp³-hybridized carbons (Fsp3) is 0.438. The van der Waals surface area contributed by atoms with Crippen molar-refractivity contribution in [1.29, 1.82) is 0 Å². The smallest absolute Gasteiger partial charge is 0.346 e. The summed E-state index contributed by atoms with van der Waals surface area (Å²) in [7, 11) is 0. The first-order valence-corrected chi connectivity index (χ1v) is 15.6. The summed E-state index contributed by atoms with van der Waals surface area (Å²) in [6.45, 7) is 3.02. The Morgan fingerprint density at radius 3 is 2.53 bits per heavy atom. The Morgan fingerprint density at radius 1 is 1.04 bits per heavy atom. The van der Waals surface area contributed by atoms with Gasteiger partial charge in [0.2, 0.25) is 0 Å². The molecule has 1 saturated carbocycles. The highest BCUT2D eigenvalue weighted by atomic mass is 19.1. The van der Waals surface area contributed by atoms with Gasteiger partial charge in [0.05, 0.1) is 11.9 Å². The highest BCUT2D eigenvalue weighted by Gasteiger charge is 2.26. The molecule has 2 aliphatic heterocycles. The first kappa shape index (κ1) is 31.8. The van der Waals surface area contributed by atoms with E-state index in [2.05, 4.69) is 30.9 Å². The van der Waals surface area contributed by atoms with Crippen molar-refractivity contribution in [1.82, 2.24) is 20.2 Å². The summed E-state index contributed by atoms with van der Waals surface area (Å²) >= 11 is 0. The van der Waals surface area contributed by atoms with Crippen LogP contribution in [0.5, 0.6) is 11.5 Å². The molecule has 45 heavy (non-hydrogen) atoms. The zero-order valence-electron chi connectivity index (χ0n) is 25.4. The van der Waals surface area contributed by atoms with E-state index in [1.165, 1.54) is 50.4 Å². The summed E-state index contributed by atoms with van der Waals surface area (Å²) in [5.74, 6) is 1.79. The molecule has 0 radical (unpaired) electrons. The van der Waals surface area contributed by atoms with Gasteiger partial charge >= 0.3 is 11.7 Å². The minimum absolute atomic E-state index is 0.181. The number of hydrogen-bond donors (Lipinski definition) is 6. The van der Waals surface area contributed by atoms with Gasteiger partial charge < -0.3 is 37.1 Å². The van der Waals surface area contributed by atoms with Crippen molar-refractivity contribution < 1.29 is 13.9 Å². The van der Waals surface area contributed by atoms with Gasteiger partial charge in [-0.25, -0.2) is 14.0 Å². The number of guanidine groups is 1. The number of nitrogens with two attached hydrogens (primary N) is 2. The number of ether oxygens (including phenoxy) is 1. The van der Waals surface area contributed by atoms with E-state index in [1.54, 1.807) is 17.0 Å². The number of hydrogen-bond acceptors (Lipinski definition) is 7. The number of H-pyrrole nitrogens is 1. The number of rotatable bonds is 7. The molecular formula is C32H42FN9O3. The van der Waals surface area contributed by atoms with E-state index in [4.69, 9.17) is 16.2 Å². The first-order valence-electron chi connectivity index (χ1n) is 15.6. The van der Waals surface area contributed by atoms with E-state index in [0.717, 1.165) is 49.6 Å². The quantitative estimate of drug-likeness (QED) is 0.0976. The predicted molar refractivity (Wildman–Crippen MR) is 174 cm³/mol. The van der Waals surface area contributed by atoms with Gasteiger partial charge in [0.1, 0.15) is 5.82 Å². The normalized spacial score (nSPS) is 16.2. The molecule has 12 nitrogen and oxygen atoms in total. The number of aromatic nitrogens is 2. The average molecular weight is 620 g/mol. The number of nitrogens with zero attached hydrogens (tertiary/aromatic N) is 3. The lowest BCUT2D eigenvalue weighted by molar-refractivity contribution is 0.194. The van der Waals surface area contributed by atoms with Crippen LogP contribution in [0, 0.1) is 5.82 Å². The van der Waals surface area contributed by atoms with E-state index in [-0.39, 0.29) is 17.8 Å². The van der Waals surface area contributed by atoms with E-state index < -0.39 is 5.69 Å². The molecular weight excluding hydrogens is 577 g/mol. The fourth-order valence-corrected chi connectivity index (χ4v) is 5.85. The lowest BCUT2D eigenvalue weighted by Gasteiger charge is -2.32. The number of piperidine rings is 1. The third-order valence-electron chi connectivity index (χ3n) is 8.28. The Balaban J connectivity index is 0.000000241. The third-order valence-corrected chi connectivity index (χ3v) is 8.28. The van der Waals surface area contributed by atoms with Crippen molar-refractivity contribution in [3.63, 3.8) is 0 Å². The number of amides is 2. The van der Waals surface area contributed by atoms with Crippen LogP contribution in [0.2, 0.25) is 0 Å². The van der Waals surface area contributed by atoms with Crippen LogP contribution < -0.4 is 37.8 Å². The molecule has 3 aliphatic rings. The maximum absolute atomic E-state index is 13.0. The van der Waals surface area contributed by atoms with Gasteiger partial charge in [0, 0.05) is 31.4 Å². The number of halogens is 1. The second-order valence-electron chi connectivity index (χ2n) is 11.6. The van der Waals surface area contributed by atoms with Gasteiger partial charge in [-0.05, 0) is 86.5 Å². The van der Waals surface area contributed by atoms with Crippen LogP contribution in [0.3, 0.4) is 0 Å². The zero-order chi connectivity index (χ0) is 31.6. The lowest BCUT2D eigenvalue weighted by atomic mass is 9.89. The number of benzene rings is 2. The summed E-state index contributed by atoms with van der Waals surface area (Å²) in [5, 5.41) is 9.55. The molecule has 0 unspecified atom stereocenters. The number of anilines is 3. The van der Waals surface area contributed by atoms with Crippen LogP contribution in [0.25, 0.3) is 0 Å². The molecule has 1 aliphatic carbocycles. The summed E-state index contributed by atoms with van der Waals surface area (Å²) in [6, 6.07) is 12.2. The number of likely N-dealkylation sites (tertiary alicyclic amines) is 1. The Labute approximate surface area is 261 Å². The Kier molecular flexibility index (Phi) is 10.9. The van der Waals surface area contributed by atoms with Crippen LogP contribution >= 0.6 is 0 Å². The molecule has 0 bridgehead atoms. The van der Waals surface area contributed by atoms with E-state index >= 15 is 0 Å². The minimum atomic E-state index is -0.444. The number of carbonyl (C=O) groups is 1. The molecule has 6 rings (SSSR count). The maximum atomic E-state index is 13.0. The van der Waals surface area contributed by atoms with Gasteiger partial charge in [-0.15, -0.1) is 0 Å². The molecule has 0 atom stereocenters. The molecule has 8 N–H and O–H groups in total. The van der Waals surface area contributed by atoms with Crippen molar-refractivity contribution >= 4 is 29.2 Å². The molecule has 240 valence electrons. The number of urea groups is 1. The van der Waals surface area contributed by atoms with E-state index in [0.29, 0.717) is 42.0 Å². The van der Waals surface area contributed by atoms with Gasteiger partial charge in [-0.2, -0.15) is 4.98 Å². The van der Waals surface area contributed by atoms with Gasteiger partial charge in [0.15, 0.2) is 23.3 Å². The molecule has 2 aromatic carbocycles. The maximum Gasteiger partial charge on any atom is 0.346 e. The van der Waals surface area contributed by atoms with Crippen LogP contribution in [0.15, 0.2) is 58.4 Å². The predicted octanol–water partition coefficient (Wildman–Crippen LogP) is 4.74. The monoisotopic (exact) mass is 619 g/mol. The van der Waals surface area contributed by atoms with E-state index in [9.17, 15) is 14.0 Å². The molecule has 3 aromatic rings. The van der Waals surface area contributed by atoms with Crippen LogP contribution in [0.4, 0.5) is 26.4 Å². The highest BCUT2D eigenvalue weighted by Crippen LogP contribution is 2.42. The number of aromatic amines is 1. The molecule has 2 amide bonds. The average Bonchev–Trinajstić information content (AvgIpc) is 3.05. The van der Waals surface area contributed by atoms with Crippen molar-refractivity contribution in [3.8, 4) is 11.5 Å². The molecule has 1 aromatic heterocycles.